The Balaban J connectivity index is 1.75. The van der Waals surface area contributed by atoms with Gasteiger partial charge in [0, 0.05) is 38.8 Å². The summed E-state index contributed by atoms with van der Waals surface area (Å²) in [6, 6.07) is 8.05. The van der Waals surface area contributed by atoms with Crippen molar-refractivity contribution in [3.05, 3.63) is 63.6 Å². The van der Waals surface area contributed by atoms with Crippen molar-refractivity contribution in [3.8, 4) is 5.69 Å². The van der Waals surface area contributed by atoms with Gasteiger partial charge in [0.15, 0.2) is 5.65 Å². The summed E-state index contributed by atoms with van der Waals surface area (Å²) in [6.45, 7) is 15.4. The van der Waals surface area contributed by atoms with Crippen molar-refractivity contribution in [1.29, 1.82) is 0 Å². The summed E-state index contributed by atoms with van der Waals surface area (Å²) < 4.78 is 1.69. The van der Waals surface area contributed by atoms with Crippen LogP contribution in [-0.2, 0) is 17.6 Å². The molecule has 1 amide bonds. The summed E-state index contributed by atoms with van der Waals surface area (Å²) >= 11 is 6.92. The number of hydrogen-bond donors (Lipinski definition) is 0. The molecule has 39 heavy (non-hydrogen) atoms. The van der Waals surface area contributed by atoms with Crippen LogP contribution in [0.25, 0.3) is 16.7 Å². The molecular formula is C30H37ClN6O2. The fourth-order valence-electron chi connectivity index (χ4n) is 5.97. The van der Waals surface area contributed by atoms with Gasteiger partial charge >= 0.3 is 5.69 Å². The molecule has 8 nitrogen and oxygen atoms in total. The first-order valence-electron chi connectivity index (χ1n) is 13.9. The molecule has 2 aliphatic heterocycles. The number of hydrogen-bond acceptors (Lipinski definition) is 6. The molecular weight excluding hydrogens is 512 g/mol. The van der Waals surface area contributed by atoms with Gasteiger partial charge in [-0.15, -0.1) is 0 Å². The average Bonchev–Trinajstić information content (AvgIpc) is 3.37. The van der Waals surface area contributed by atoms with Gasteiger partial charge in [-0.1, -0.05) is 57.2 Å². The number of aryl methyl sites for hydroxylation is 2. The number of para-hydroxylation sites is 1. The Labute approximate surface area is 234 Å². The molecule has 2 saturated heterocycles. The first-order valence-corrected chi connectivity index (χ1v) is 14.3. The fourth-order valence-corrected chi connectivity index (χ4v) is 6.24. The van der Waals surface area contributed by atoms with Gasteiger partial charge < -0.3 is 14.7 Å². The van der Waals surface area contributed by atoms with E-state index < -0.39 is 0 Å². The van der Waals surface area contributed by atoms with Crippen LogP contribution in [0.15, 0.2) is 41.7 Å². The normalized spacial score (nSPS) is 19.7. The lowest BCUT2D eigenvalue weighted by Gasteiger charge is -2.40. The van der Waals surface area contributed by atoms with Crippen molar-refractivity contribution >= 4 is 40.2 Å². The highest BCUT2D eigenvalue weighted by Gasteiger charge is 2.31. The van der Waals surface area contributed by atoms with Crippen LogP contribution in [0.3, 0.4) is 0 Å². The van der Waals surface area contributed by atoms with E-state index in [1.165, 1.54) is 6.08 Å². The SMILES string of the molecule is C=CC(=O)N1CCN(c2nc(=O)n(-c3c(CC)cccc3CC)c3nc(N4CC[C@H](C)C4)c(Cl)cc23)[C@@H](C)C1. The number of pyridine rings is 1. The summed E-state index contributed by atoms with van der Waals surface area (Å²) in [5, 5.41) is 1.29. The number of carbonyl (C=O) groups is 1. The van der Waals surface area contributed by atoms with Crippen molar-refractivity contribution < 1.29 is 4.79 Å². The third-order valence-corrected chi connectivity index (χ3v) is 8.36. The number of anilines is 2. The summed E-state index contributed by atoms with van der Waals surface area (Å²) in [6.07, 6.45) is 3.98. The Morgan fingerprint density at radius 2 is 1.79 bits per heavy atom. The summed E-state index contributed by atoms with van der Waals surface area (Å²) in [5.74, 6) is 1.73. The molecule has 206 valence electrons. The predicted octanol–water partition coefficient (Wildman–Crippen LogP) is 4.63. The third-order valence-electron chi connectivity index (χ3n) is 8.08. The van der Waals surface area contributed by atoms with Crippen LogP contribution < -0.4 is 15.5 Å². The van der Waals surface area contributed by atoms with Crippen LogP contribution in [0.2, 0.25) is 5.02 Å². The maximum Gasteiger partial charge on any atom is 0.355 e. The molecule has 4 heterocycles. The molecule has 2 aromatic heterocycles. The lowest BCUT2D eigenvalue weighted by molar-refractivity contribution is -0.126. The maximum absolute atomic E-state index is 14.0. The number of benzene rings is 1. The van der Waals surface area contributed by atoms with Gasteiger partial charge in [-0.3, -0.25) is 4.79 Å². The average molecular weight is 549 g/mol. The first-order chi connectivity index (χ1) is 18.8. The van der Waals surface area contributed by atoms with E-state index in [-0.39, 0.29) is 17.6 Å². The molecule has 5 rings (SSSR count). The Morgan fingerprint density at radius 3 is 2.38 bits per heavy atom. The second-order valence-corrected chi connectivity index (χ2v) is 11.1. The molecule has 1 aromatic carbocycles. The van der Waals surface area contributed by atoms with Gasteiger partial charge in [-0.25, -0.2) is 14.3 Å². The largest absolute Gasteiger partial charge is 0.355 e. The number of piperazine rings is 1. The molecule has 0 spiro atoms. The van der Waals surface area contributed by atoms with Crippen LogP contribution >= 0.6 is 11.6 Å². The number of halogens is 1. The monoisotopic (exact) mass is 548 g/mol. The van der Waals surface area contributed by atoms with Crippen molar-refractivity contribution in [2.24, 2.45) is 5.92 Å². The highest BCUT2D eigenvalue weighted by atomic mass is 35.5. The molecule has 2 aliphatic rings. The van der Waals surface area contributed by atoms with Gasteiger partial charge in [-0.2, -0.15) is 4.98 Å². The molecule has 0 radical (unpaired) electrons. The van der Waals surface area contributed by atoms with E-state index in [2.05, 4.69) is 54.3 Å². The molecule has 2 fully saturated rings. The van der Waals surface area contributed by atoms with E-state index in [1.54, 1.807) is 9.47 Å². The molecule has 0 saturated carbocycles. The number of aromatic nitrogens is 3. The Morgan fingerprint density at radius 1 is 1.08 bits per heavy atom. The molecule has 2 atom stereocenters. The summed E-state index contributed by atoms with van der Waals surface area (Å²) in [4.78, 5) is 42.1. The topological polar surface area (TPSA) is 74.6 Å². The van der Waals surface area contributed by atoms with E-state index in [0.717, 1.165) is 54.6 Å². The van der Waals surface area contributed by atoms with Crippen molar-refractivity contribution in [2.45, 2.75) is 53.0 Å². The Bertz CT molecular complexity index is 1460. The molecule has 3 aromatic rings. The smallest absolute Gasteiger partial charge is 0.355 e. The fraction of sp³-hybridized carbons (Fsp3) is 0.467. The minimum atomic E-state index is -0.361. The standard InChI is InChI=1S/C30H37ClN6O2/c1-6-21-10-9-11-22(7-2)26(21)37-28-23(16-24(31)29(32-28)35-13-12-19(4)17-35)27(33-30(37)39)36-15-14-34(18-20(36)5)25(38)8-3/h8-11,16,19-20H,3,6-7,12-15,17-18H2,1-2,4-5H3/t19-,20-/m0/s1. The van der Waals surface area contributed by atoms with Crippen molar-refractivity contribution in [1.82, 2.24) is 19.4 Å². The van der Waals surface area contributed by atoms with Gasteiger partial charge in [0.05, 0.1) is 16.1 Å². The summed E-state index contributed by atoms with van der Waals surface area (Å²) in [7, 11) is 0. The maximum atomic E-state index is 14.0. The number of carbonyl (C=O) groups excluding carboxylic acids is 1. The molecule has 9 heteroatoms. The van der Waals surface area contributed by atoms with Crippen molar-refractivity contribution in [2.75, 3.05) is 42.5 Å². The van der Waals surface area contributed by atoms with Gasteiger partial charge in [0.2, 0.25) is 5.91 Å². The number of rotatable bonds is 6. The zero-order chi connectivity index (χ0) is 27.8. The number of fused-ring (bicyclic) bond motifs is 1. The van der Waals surface area contributed by atoms with Crippen LogP contribution in [0.1, 0.15) is 45.2 Å². The predicted molar refractivity (Wildman–Crippen MR) is 158 cm³/mol. The van der Waals surface area contributed by atoms with Crippen LogP contribution in [0.5, 0.6) is 0 Å². The summed E-state index contributed by atoms with van der Waals surface area (Å²) in [5.41, 5.74) is 3.22. The number of nitrogens with zero attached hydrogens (tertiary/aromatic N) is 6. The molecule has 0 aliphatic carbocycles. The van der Waals surface area contributed by atoms with E-state index >= 15 is 0 Å². The Hall–Kier alpha value is -3.39. The minimum absolute atomic E-state index is 0.0550. The second kappa shape index (κ2) is 11.0. The number of amides is 1. The Kier molecular flexibility index (Phi) is 7.67. The molecule has 0 N–H and O–H groups in total. The van der Waals surface area contributed by atoms with Crippen LogP contribution in [-0.4, -0.2) is 64.1 Å². The van der Waals surface area contributed by atoms with Crippen LogP contribution in [0.4, 0.5) is 11.6 Å². The van der Waals surface area contributed by atoms with E-state index in [0.29, 0.717) is 47.9 Å². The minimum Gasteiger partial charge on any atom is -0.355 e. The van der Waals surface area contributed by atoms with Gasteiger partial charge in [0.1, 0.15) is 11.6 Å². The first kappa shape index (κ1) is 27.2. The highest BCUT2D eigenvalue weighted by Crippen LogP contribution is 2.36. The van der Waals surface area contributed by atoms with E-state index in [9.17, 15) is 9.59 Å². The molecule has 0 bridgehead atoms. The van der Waals surface area contributed by atoms with Crippen LogP contribution in [0, 0.1) is 5.92 Å². The van der Waals surface area contributed by atoms with Crippen molar-refractivity contribution in [3.63, 3.8) is 0 Å². The van der Waals surface area contributed by atoms with E-state index in [4.69, 9.17) is 16.6 Å². The molecule has 0 unspecified atom stereocenters. The zero-order valence-electron chi connectivity index (χ0n) is 23.3. The second-order valence-electron chi connectivity index (χ2n) is 10.7. The lowest BCUT2D eigenvalue weighted by atomic mass is 10.0. The third kappa shape index (κ3) is 4.91. The van der Waals surface area contributed by atoms with E-state index in [1.807, 2.05) is 19.1 Å². The van der Waals surface area contributed by atoms with Gasteiger partial charge in [0.25, 0.3) is 0 Å². The zero-order valence-corrected chi connectivity index (χ0v) is 24.0. The lowest BCUT2D eigenvalue weighted by Crippen LogP contribution is -2.54. The quantitative estimate of drug-likeness (QED) is 0.418. The van der Waals surface area contributed by atoms with Gasteiger partial charge in [-0.05, 0) is 55.4 Å². The highest BCUT2D eigenvalue weighted by molar-refractivity contribution is 6.33.